The lowest BCUT2D eigenvalue weighted by Crippen LogP contribution is -2.41. The number of methoxy groups -OCH3 is 1. The summed E-state index contributed by atoms with van der Waals surface area (Å²) < 4.78 is 11.3. The van der Waals surface area contributed by atoms with Crippen molar-refractivity contribution >= 4 is 29.9 Å². The third-order valence-corrected chi connectivity index (χ3v) is 3.56. The van der Waals surface area contributed by atoms with Crippen LogP contribution in [0.1, 0.15) is 19.4 Å². The molecule has 0 radical (unpaired) electrons. The molecule has 0 bridgehead atoms. The van der Waals surface area contributed by atoms with Gasteiger partial charge in [-0.15, -0.1) is 24.0 Å². The maximum Gasteiger partial charge on any atom is 0.191 e. The van der Waals surface area contributed by atoms with Crippen molar-refractivity contribution in [2.45, 2.75) is 26.5 Å². The van der Waals surface area contributed by atoms with Crippen LogP contribution in [0.5, 0.6) is 11.5 Å². The van der Waals surface area contributed by atoms with Crippen LogP contribution in [0.25, 0.3) is 0 Å². The largest absolute Gasteiger partial charge is 0.493 e. The van der Waals surface area contributed by atoms with Gasteiger partial charge in [-0.1, -0.05) is 42.5 Å². The van der Waals surface area contributed by atoms with Crippen LogP contribution in [0.15, 0.2) is 59.6 Å². The molecule has 5 nitrogen and oxygen atoms in total. The van der Waals surface area contributed by atoms with Gasteiger partial charge in [0.1, 0.15) is 6.10 Å². The number of para-hydroxylation sites is 2. The lowest BCUT2D eigenvalue weighted by molar-refractivity contribution is 0.213. The van der Waals surface area contributed by atoms with Crippen LogP contribution in [0.4, 0.5) is 0 Å². The number of hydrogen-bond acceptors (Lipinski definition) is 3. The number of halogens is 1. The fourth-order valence-corrected chi connectivity index (χ4v) is 2.31. The number of hydrogen-bond donors (Lipinski definition) is 2. The Bertz CT molecular complexity index is 665. The summed E-state index contributed by atoms with van der Waals surface area (Å²) in [4.78, 5) is 4.61. The zero-order valence-electron chi connectivity index (χ0n) is 15.6. The van der Waals surface area contributed by atoms with E-state index in [0.29, 0.717) is 13.1 Å². The molecule has 0 heterocycles. The Morgan fingerprint density at radius 1 is 1.00 bits per heavy atom. The minimum atomic E-state index is -0.0307. The Labute approximate surface area is 173 Å². The maximum absolute atomic E-state index is 5.96. The van der Waals surface area contributed by atoms with Crippen molar-refractivity contribution in [2.75, 3.05) is 20.2 Å². The van der Waals surface area contributed by atoms with Crippen LogP contribution < -0.4 is 20.1 Å². The first-order valence-electron chi connectivity index (χ1n) is 8.58. The van der Waals surface area contributed by atoms with E-state index in [-0.39, 0.29) is 30.1 Å². The van der Waals surface area contributed by atoms with Crippen molar-refractivity contribution < 1.29 is 9.47 Å². The van der Waals surface area contributed by atoms with Crippen molar-refractivity contribution in [3.05, 3.63) is 60.2 Å². The molecule has 0 aliphatic rings. The number of benzene rings is 2. The van der Waals surface area contributed by atoms with E-state index in [2.05, 4.69) is 34.7 Å². The van der Waals surface area contributed by atoms with Gasteiger partial charge >= 0.3 is 0 Å². The topological polar surface area (TPSA) is 54.9 Å². The van der Waals surface area contributed by atoms with Gasteiger partial charge < -0.3 is 20.1 Å². The fourth-order valence-electron chi connectivity index (χ4n) is 2.31. The summed E-state index contributed by atoms with van der Waals surface area (Å²) >= 11 is 0. The third kappa shape index (κ3) is 7.51. The molecule has 0 aliphatic carbocycles. The average molecular weight is 469 g/mol. The lowest BCUT2D eigenvalue weighted by atomic mass is 10.2. The predicted molar refractivity (Wildman–Crippen MR) is 118 cm³/mol. The van der Waals surface area contributed by atoms with E-state index >= 15 is 0 Å². The first-order valence-corrected chi connectivity index (χ1v) is 8.58. The minimum Gasteiger partial charge on any atom is -0.493 e. The van der Waals surface area contributed by atoms with E-state index in [4.69, 9.17) is 9.47 Å². The third-order valence-electron chi connectivity index (χ3n) is 3.56. The van der Waals surface area contributed by atoms with E-state index in [1.807, 2.05) is 49.4 Å². The van der Waals surface area contributed by atoms with Crippen molar-refractivity contribution in [2.24, 2.45) is 4.99 Å². The molecule has 2 N–H and O–H groups in total. The summed E-state index contributed by atoms with van der Waals surface area (Å²) in [5, 5.41) is 6.57. The molecular weight excluding hydrogens is 441 g/mol. The van der Waals surface area contributed by atoms with Crippen LogP contribution in [-0.2, 0) is 6.54 Å². The molecule has 0 aromatic heterocycles. The quantitative estimate of drug-likeness (QED) is 0.351. The number of nitrogens with one attached hydrogen (secondary N) is 2. The van der Waals surface area contributed by atoms with Gasteiger partial charge in [0.25, 0.3) is 0 Å². The van der Waals surface area contributed by atoms with Gasteiger partial charge in [-0.05, 0) is 31.5 Å². The second kappa shape index (κ2) is 12.4. The number of aliphatic imine (C=N–C) groups is 1. The fraction of sp³-hybridized carbons (Fsp3) is 0.350. The Hall–Kier alpha value is -1.96. The van der Waals surface area contributed by atoms with Gasteiger partial charge in [0, 0.05) is 6.54 Å². The molecule has 1 atom stereocenters. The van der Waals surface area contributed by atoms with Crippen LogP contribution >= 0.6 is 24.0 Å². The second-order valence-electron chi connectivity index (χ2n) is 5.64. The highest BCUT2D eigenvalue weighted by Crippen LogP contribution is 2.26. The summed E-state index contributed by atoms with van der Waals surface area (Å²) in [6.07, 6.45) is -0.0307. The lowest BCUT2D eigenvalue weighted by Gasteiger charge is -2.19. The van der Waals surface area contributed by atoms with Crippen LogP contribution in [0, 0.1) is 0 Å². The molecule has 2 aromatic carbocycles. The molecule has 2 rings (SSSR count). The molecule has 26 heavy (non-hydrogen) atoms. The zero-order valence-corrected chi connectivity index (χ0v) is 17.9. The van der Waals surface area contributed by atoms with Crippen molar-refractivity contribution in [3.8, 4) is 11.5 Å². The summed E-state index contributed by atoms with van der Waals surface area (Å²) in [7, 11) is 1.64. The van der Waals surface area contributed by atoms with E-state index in [1.54, 1.807) is 7.11 Å². The summed E-state index contributed by atoms with van der Waals surface area (Å²) in [6.45, 7) is 6.15. The highest BCUT2D eigenvalue weighted by atomic mass is 127. The van der Waals surface area contributed by atoms with E-state index < -0.39 is 0 Å². The van der Waals surface area contributed by atoms with Crippen molar-refractivity contribution in [3.63, 3.8) is 0 Å². The molecule has 0 saturated carbocycles. The molecule has 2 aromatic rings. The Morgan fingerprint density at radius 2 is 1.65 bits per heavy atom. The molecule has 142 valence electrons. The first kappa shape index (κ1) is 22.1. The molecule has 0 aliphatic heterocycles. The first-order chi connectivity index (χ1) is 12.2. The van der Waals surface area contributed by atoms with Crippen LogP contribution in [0.2, 0.25) is 0 Å². The smallest absolute Gasteiger partial charge is 0.191 e. The van der Waals surface area contributed by atoms with E-state index in [0.717, 1.165) is 24.0 Å². The van der Waals surface area contributed by atoms with Gasteiger partial charge in [0.15, 0.2) is 17.5 Å². The van der Waals surface area contributed by atoms with Gasteiger partial charge in [-0.2, -0.15) is 0 Å². The summed E-state index contributed by atoms with van der Waals surface area (Å²) in [5.74, 6) is 2.26. The summed E-state index contributed by atoms with van der Waals surface area (Å²) in [6, 6.07) is 17.8. The summed E-state index contributed by atoms with van der Waals surface area (Å²) in [5.41, 5.74) is 1.18. The zero-order chi connectivity index (χ0) is 17.9. The monoisotopic (exact) mass is 469 g/mol. The van der Waals surface area contributed by atoms with Gasteiger partial charge in [-0.25, -0.2) is 4.99 Å². The number of nitrogens with zero attached hydrogens (tertiary/aromatic N) is 1. The molecular formula is C20H28IN3O2. The number of ether oxygens (including phenoxy) is 2. The van der Waals surface area contributed by atoms with Gasteiger partial charge in [0.2, 0.25) is 0 Å². The highest BCUT2D eigenvalue weighted by molar-refractivity contribution is 14.0. The van der Waals surface area contributed by atoms with Crippen molar-refractivity contribution in [1.29, 1.82) is 0 Å². The van der Waals surface area contributed by atoms with Crippen molar-refractivity contribution in [1.82, 2.24) is 10.6 Å². The van der Waals surface area contributed by atoms with E-state index in [9.17, 15) is 0 Å². The normalized spacial score (nSPS) is 11.9. The molecule has 0 saturated heterocycles. The number of rotatable bonds is 8. The maximum atomic E-state index is 5.96. The second-order valence-corrected chi connectivity index (χ2v) is 5.64. The highest BCUT2D eigenvalue weighted by Gasteiger charge is 2.09. The Morgan fingerprint density at radius 3 is 2.31 bits per heavy atom. The van der Waals surface area contributed by atoms with Gasteiger partial charge in [0.05, 0.1) is 20.2 Å². The average Bonchev–Trinajstić information content (AvgIpc) is 2.65. The van der Waals surface area contributed by atoms with Gasteiger partial charge in [-0.3, -0.25) is 0 Å². The molecule has 1 unspecified atom stereocenters. The van der Waals surface area contributed by atoms with Crippen LogP contribution in [0.3, 0.4) is 0 Å². The standard InChI is InChI=1S/C20H27N3O2.HI/c1-4-21-20(23-15-17-10-6-5-7-11-17)22-14-16(2)25-19-13-9-8-12-18(19)24-3;/h5-13,16H,4,14-15H2,1-3H3,(H2,21,22,23);1H. The molecule has 0 amide bonds. The SMILES string of the molecule is CCNC(=NCc1ccccc1)NCC(C)Oc1ccccc1OC.I. The molecule has 6 heteroatoms. The van der Waals surface area contributed by atoms with E-state index in [1.165, 1.54) is 5.56 Å². The minimum absolute atomic E-state index is 0. The predicted octanol–water partition coefficient (Wildman–Crippen LogP) is 3.84. The molecule has 0 fully saturated rings. The number of guanidine groups is 1. The Balaban J connectivity index is 0.00000338. The van der Waals surface area contributed by atoms with Crippen LogP contribution in [-0.4, -0.2) is 32.3 Å². The molecule has 0 spiro atoms. The Kier molecular flexibility index (Phi) is 10.5.